The molecular formula is C17H16N2O4S. The van der Waals surface area contributed by atoms with Crippen LogP contribution in [0.5, 0.6) is 5.75 Å². The lowest BCUT2D eigenvalue weighted by atomic mass is 10.1. The fraction of sp³-hybridized carbons (Fsp3) is 0.235. The summed E-state index contributed by atoms with van der Waals surface area (Å²) in [5.41, 5.74) is -0.684. The molecule has 1 aliphatic carbocycles. The zero-order valence-corrected chi connectivity index (χ0v) is 13.6. The number of hydrogen-bond acceptors (Lipinski definition) is 5. The van der Waals surface area contributed by atoms with E-state index in [1.165, 1.54) is 18.2 Å². The molecule has 0 unspecified atom stereocenters. The lowest BCUT2D eigenvalue weighted by Gasteiger charge is -2.16. The SMILES string of the molecule is O=C(NCC1(Sc2ccccc2)CC1)c1cccc(O)c1[N+](=O)[O-]. The van der Waals surface area contributed by atoms with Crippen LogP contribution in [0.3, 0.4) is 0 Å². The second-order valence-corrected chi connectivity index (χ2v) is 7.25. The molecule has 24 heavy (non-hydrogen) atoms. The Morgan fingerprint density at radius 3 is 2.54 bits per heavy atom. The summed E-state index contributed by atoms with van der Waals surface area (Å²) in [6.45, 7) is 0.429. The van der Waals surface area contributed by atoms with Crippen molar-refractivity contribution < 1.29 is 14.8 Å². The van der Waals surface area contributed by atoms with Gasteiger partial charge in [0.2, 0.25) is 0 Å². The Bertz CT molecular complexity index is 775. The number of benzene rings is 2. The standard InChI is InChI=1S/C17H16N2O4S/c20-14-8-4-7-13(15(14)19(22)23)16(21)18-11-17(9-10-17)24-12-5-2-1-3-6-12/h1-8,20H,9-11H2,(H,18,21). The van der Waals surface area contributed by atoms with E-state index >= 15 is 0 Å². The number of amides is 1. The van der Waals surface area contributed by atoms with Gasteiger partial charge < -0.3 is 10.4 Å². The maximum Gasteiger partial charge on any atom is 0.323 e. The van der Waals surface area contributed by atoms with Crippen molar-refractivity contribution in [3.05, 3.63) is 64.2 Å². The summed E-state index contributed by atoms with van der Waals surface area (Å²) in [6, 6.07) is 13.9. The van der Waals surface area contributed by atoms with Crippen molar-refractivity contribution in [1.82, 2.24) is 5.32 Å². The van der Waals surface area contributed by atoms with Crippen LogP contribution in [0.25, 0.3) is 0 Å². The number of rotatable bonds is 6. The lowest BCUT2D eigenvalue weighted by molar-refractivity contribution is -0.386. The van der Waals surface area contributed by atoms with Gasteiger partial charge in [0.1, 0.15) is 5.56 Å². The van der Waals surface area contributed by atoms with Crippen molar-refractivity contribution >= 4 is 23.4 Å². The molecule has 0 spiro atoms. The molecule has 1 fully saturated rings. The van der Waals surface area contributed by atoms with E-state index in [4.69, 9.17) is 0 Å². The Balaban J connectivity index is 1.68. The number of nitro groups is 1. The quantitative estimate of drug-likeness (QED) is 0.619. The summed E-state index contributed by atoms with van der Waals surface area (Å²) in [5.74, 6) is -1.05. The van der Waals surface area contributed by atoms with Gasteiger partial charge in [0, 0.05) is 16.2 Å². The number of carbonyl (C=O) groups is 1. The van der Waals surface area contributed by atoms with Crippen molar-refractivity contribution in [3.8, 4) is 5.75 Å². The van der Waals surface area contributed by atoms with Crippen LogP contribution in [-0.4, -0.2) is 27.2 Å². The number of carbonyl (C=O) groups excluding carboxylic acids is 1. The average Bonchev–Trinajstić information content (AvgIpc) is 3.33. The highest BCUT2D eigenvalue weighted by Crippen LogP contribution is 2.51. The predicted octanol–water partition coefficient (Wildman–Crippen LogP) is 3.36. The molecule has 0 aliphatic heterocycles. The van der Waals surface area contributed by atoms with Gasteiger partial charge in [-0.2, -0.15) is 0 Å². The van der Waals surface area contributed by atoms with E-state index in [-0.39, 0.29) is 10.3 Å². The maximum atomic E-state index is 12.3. The molecule has 2 N–H and O–H groups in total. The number of phenolic OH excluding ortho intramolecular Hbond substituents is 1. The highest BCUT2D eigenvalue weighted by Gasteiger charge is 2.44. The monoisotopic (exact) mass is 344 g/mol. The van der Waals surface area contributed by atoms with Crippen LogP contribution in [0, 0.1) is 10.1 Å². The van der Waals surface area contributed by atoms with Gasteiger partial charge in [-0.25, -0.2) is 0 Å². The average molecular weight is 344 g/mol. The summed E-state index contributed by atoms with van der Waals surface area (Å²) in [4.78, 5) is 23.8. The normalized spacial score (nSPS) is 14.8. The molecule has 2 aromatic carbocycles. The molecule has 6 nitrogen and oxygen atoms in total. The Morgan fingerprint density at radius 1 is 1.21 bits per heavy atom. The van der Waals surface area contributed by atoms with Gasteiger partial charge in [-0.15, -0.1) is 11.8 Å². The second-order valence-electron chi connectivity index (χ2n) is 5.71. The summed E-state index contributed by atoms with van der Waals surface area (Å²) in [6.07, 6.45) is 1.96. The Morgan fingerprint density at radius 2 is 1.92 bits per heavy atom. The minimum absolute atomic E-state index is 0.0530. The topological polar surface area (TPSA) is 92.5 Å². The fourth-order valence-electron chi connectivity index (χ4n) is 2.44. The van der Waals surface area contributed by atoms with E-state index in [2.05, 4.69) is 5.32 Å². The van der Waals surface area contributed by atoms with Gasteiger partial charge in [-0.1, -0.05) is 24.3 Å². The first kappa shape index (κ1) is 16.3. The van der Waals surface area contributed by atoms with Crippen molar-refractivity contribution in [2.75, 3.05) is 6.54 Å². The van der Waals surface area contributed by atoms with Gasteiger partial charge in [-0.3, -0.25) is 14.9 Å². The third-order valence-electron chi connectivity index (χ3n) is 3.90. The van der Waals surface area contributed by atoms with Crippen LogP contribution in [0.4, 0.5) is 5.69 Å². The number of nitrogens with one attached hydrogen (secondary N) is 1. The Hall–Kier alpha value is -2.54. The lowest BCUT2D eigenvalue weighted by Crippen LogP contribution is -2.32. The molecule has 0 heterocycles. The molecule has 1 saturated carbocycles. The third kappa shape index (κ3) is 3.51. The van der Waals surface area contributed by atoms with E-state index in [0.29, 0.717) is 6.54 Å². The fourth-order valence-corrected chi connectivity index (χ4v) is 3.68. The van der Waals surface area contributed by atoms with E-state index < -0.39 is 22.3 Å². The molecular weight excluding hydrogens is 328 g/mol. The summed E-state index contributed by atoms with van der Waals surface area (Å²) in [5, 5.41) is 23.5. The summed E-state index contributed by atoms with van der Waals surface area (Å²) >= 11 is 1.71. The molecule has 0 radical (unpaired) electrons. The first-order valence-corrected chi connectivity index (χ1v) is 8.31. The van der Waals surface area contributed by atoms with E-state index in [0.717, 1.165) is 17.7 Å². The van der Waals surface area contributed by atoms with Crippen LogP contribution in [0.1, 0.15) is 23.2 Å². The number of aromatic hydroxyl groups is 1. The zero-order valence-electron chi connectivity index (χ0n) is 12.8. The molecule has 0 atom stereocenters. The van der Waals surface area contributed by atoms with E-state index in [1.54, 1.807) is 11.8 Å². The maximum absolute atomic E-state index is 12.3. The Labute approximate surface area is 143 Å². The molecule has 7 heteroatoms. The molecule has 1 amide bonds. The van der Waals surface area contributed by atoms with Crippen molar-refractivity contribution in [2.45, 2.75) is 22.5 Å². The van der Waals surface area contributed by atoms with Gasteiger partial charge in [0.25, 0.3) is 5.91 Å². The minimum Gasteiger partial charge on any atom is -0.502 e. The van der Waals surface area contributed by atoms with E-state index in [1.807, 2.05) is 30.3 Å². The number of nitro benzene ring substituents is 1. The van der Waals surface area contributed by atoms with Crippen molar-refractivity contribution in [3.63, 3.8) is 0 Å². The summed E-state index contributed by atoms with van der Waals surface area (Å²) in [7, 11) is 0. The van der Waals surface area contributed by atoms with Crippen LogP contribution >= 0.6 is 11.8 Å². The summed E-state index contributed by atoms with van der Waals surface area (Å²) < 4.78 is -0.0530. The molecule has 0 saturated heterocycles. The molecule has 3 rings (SSSR count). The van der Waals surface area contributed by atoms with Gasteiger partial charge in [0.15, 0.2) is 5.75 Å². The van der Waals surface area contributed by atoms with Crippen LogP contribution in [0.15, 0.2) is 53.4 Å². The van der Waals surface area contributed by atoms with E-state index in [9.17, 15) is 20.0 Å². The molecule has 2 aromatic rings. The predicted molar refractivity (Wildman–Crippen MR) is 91.4 cm³/mol. The van der Waals surface area contributed by atoms with Crippen molar-refractivity contribution in [2.24, 2.45) is 0 Å². The number of thioether (sulfide) groups is 1. The first-order chi connectivity index (χ1) is 11.5. The Kier molecular flexibility index (Phi) is 4.44. The number of phenols is 1. The molecule has 1 aliphatic rings. The largest absolute Gasteiger partial charge is 0.502 e. The van der Waals surface area contributed by atoms with Crippen LogP contribution in [-0.2, 0) is 0 Å². The molecule has 0 aromatic heterocycles. The van der Waals surface area contributed by atoms with Crippen molar-refractivity contribution in [1.29, 1.82) is 0 Å². The van der Waals surface area contributed by atoms with Gasteiger partial charge in [-0.05, 0) is 37.1 Å². The van der Waals surface area contributed by atoms with Crippen LogP contribution in [0.2, 0.25) is 0 Å². The smallest absolute Gasteiger partial charge is 0.323 e. The minimum atomic E-state index is -0.740. The highest BCUT2D eigenvalue weighted by atomic mass is 32.2. The van der Waals surface area contributed by atoms with Gasteiger partial charge in [0.05, 0.1) is 4.92 Å². The molecule has 0 bridgehead atoms. The number of nitrogens with zero attached hydrogens (tertiary/aromatic N) is 1. The number of hydrogen-bond donors (Lipinski definition) is 2. The number of para-hydroxylation sites is 1. The second kappa shape index (κ2) is 6.52. The highest BCUT2D eigenvalue weighted by molar-refractivity contribution is 8.01. The first-order valence-electron chi connectivity index (χ1n) is 7.49. The zero-order chi connectivity index (χ0) is 17.2. The molecule has 124 valence electrons. The van der Waals surface area contributed by atoms with Gasteiger partial charge >= 0.3 is 5.69 Å². The third-order valence-corrected chi connectivity index (χ3v) is 5.39. The van der Waals surface area contributed by atoms with Crippen LogP contribution < -0.4 is 5.32 Å².